The molecule has 0 fully saturated rings. The number of hydrogen-bond donors (Lipinski definition) is 2. The highest BCUT2D eigenvalue weighted by molar-refractivity contribution is 5.97. The van der Waals surface area contributed by atoms with Crippen LogP contribution in [0.1, 0.15) is 15.9 Å². The van der Waals surface area contributed by atoms with Gasteiger partial charge < -0.3 is 14.8 Å². The van der Waals surface area contributed by atoms with Gasteiger partial charge in [0, 0.05) is 11.6 Å². The number of hydrogen-bond acceptors (Lipinski definition) is 7. The molecule has 2 aromatic carbocycles. The van der Waals surface area contributed by atoms with E-state index in [0.29, 0.717) is 17.1 Å². The molecule has 1 heterocycles. The molecule has 0 radical (unpaired) electrons. The van der Waals surface area contributed by atoms with Gasteiger partial charge in [-0.25, -0.2) is 5.43 Å². The van der Waals surface area contributed by atoms with Crippen LogP contribution < -0.4 is 20.2 Å². The topological polar surface area (TPSA) is 132 Å². The number of nitrogens with zero attached hydrogens (tertiary/aromatic N) is 2. The van der Waals surface area contributed by atoms with Crippen molar-refractivity contribution >= 4 is 23.7 Å². The minimum absolute atomic E-state index is 0.0976. The fourth-order valence-corrected chi connectivity index (χ4v) is 2.28. The molecule has 138 valence electrons. The number of nitro groups is 1. The normalized spacial score (nSPS) is 12.0. The van der Waals surface area contributed by atoms with Gasteiger partial charge in [-0.15, -0.1) is 0 Å². The van der Waals surface area contributed by atoms with Gasteiger partial charge in [0.15, 0.2) is 11.5 Å². The predicted octanol–water partition coefficient (Wildman–Crippen LogP) is 1.20. The Kier molecular flexibility index (Phi) is 5.26. The van der Waals surface area contributed by atoms with E-state index in [-0.39, 0.29) is 24.6 Å². The van der Waals surface area contributed by atoms with Crippen LogP contribution in [-0.4, -0.2) is 36.3 Å². The maximum atomic E-state index is 12.1. The summed E-state index contributed by atoms with van der Waals surface area (Å²) >= 11 is 0. The summed E-state index contributed by atoms with van der Waals surface area (Å²) in [6.45, 7) is -0.220. The second-order valence-electron chi connectivity index (χ2n) is 5.36. The molecule has 2 aromatic rings. The van der Waals surface area contributed by atoms with Gasteiger partial charge in [0.05, 0.1) is 23.2 Å². The first kappa shape index (κ1) is 17.9. The number of ether oxygens (including phenoxy) is 2. The van der Waals surface area contributed by atoms with Gasteiger partial charge in [-0.1, -0.05) is 12.1 Å². The van der Waals surface area contributed by atoms with Crippen molar-refractivity contribution < 1.29 is 24.0 Å². The molecule has 0 bridgehead atoms. The highest BCUT2D eigenvalue weighted by Gasteiger charge is 2.16. The lowest BCUT2D eigenvalue weighted by Crippen LogP contribution is -2.34. The van der Waals surface area contributed by atoms with Crippen LogP contribution in [0, 0.1) is 10.1 Å². The second-order valence-corrected chi connectivity index (χ2v) is 5.36. The molecule has 3 rings (SSSR count). The van der Waals surface area contributed by atoms with Crippen LogP contribution >= 0.6 is 0 Å². The van der Waals surface area contributed by atoms with Gasteiger partial charge in [-0.05, 0) is 24.3 Å². The van der Waals surface area contributed by atoms with Crippen LogP contribution in [0.15, 0.2) is 47.6 Å². The van der Waals surface area contributed by atoms with Crippen molar-refractivity contribution in [3.05, 3.63) is 63.7 Å². The van der Waals surface area contributed by atoms with Crippen LogP contribution in [0.2, 0.25) is 0 Å². The molecule has 0 atom stereocenters. The van der Waals surface area contributed by atoms with E-state index in [0.717, 1.165) is 6.21 Å². The fraction of sp³-hybridized carbons (Fsp3) is 0.118. The molecule has 27 heavy (non-hydrogen) atoms. The summed E-state index contributed by atoms with van der Waals surface area (Å²) in [6.07, 6.45) is 1.16. The molecule has 0 unspecified atom stereocenters. The number of amides is 2. The maximum Gasteiger partial charge on any atom is 0.278 e. The molecule has 10 nitrogen and oxygen atoms in total. The Labute approximate surface area is 152 Å². The summed E-state index contributed by atoms with van der Waals surface area (Å²) in [7, 11) is 0. The molecule has 2 N–H and O–H groups in total. The summed E-state index contributed by atoms with van der Waals surface area (Å²) in [5, 5.41) is 17.0. The lowest BCUT2D eigenvalue weighted by Gasteiger charge is -2.05. The van der Waals surface area contributed by atoms with Gasteiger partial charge in [0.1, 0.15) is 0 Å². The standard InChI is InChI=1S/C17H14N4O6/c22-16(20-19-8-12-3-1-2-4-13(12)21(24)25)9-18-17(23)11-5-6-14-15(7-11)27-10-26-14/h1-8H,9-10H2,(H,18,23)(H,20,22). The monoisotopic (exact) mass is 370 g/mol. The summed E-state index contributed by atoms with van der Waals surface area (Å²) in [4.78, 5) is 34.2. The first-order valence-corrected chi connectivity index (χ1v) is 7.78. The Bertz CT molecular complexity index is 927. The number of carbonyl (C=O) groups is 2. The Morgan fingerprint density at radius 2 is 1.96 bits per heavy atom. The highest BCUT2D eigenvalue weighted by atomic mass is 16.7. The predicted molar refractivity (Wildman–Crippen MR) is 93.7 cm³/mol. The molecule has 1 aliphatic rings. The molecular weight excluding hydrogens is 356 g/mol. The Morgan fingerprint density at radius 1 is 1.19 bits per heavy atom. The molecule has 0 spiro atoms. The van der Waals surface area contributed by atoms with Crippen molar-refractivity contribution in [3.63, 3.8) is 0 Å². The molecule has 0 saturated heterocycles. The van der Waals surface area contributed by atoms with Crippen molar-refractivity contribution in [2.75, 3.05) is 13.3 Å². The van der Waals surface area contributed by atoms with Gasteiger partial charge in [0.25, 0.3) is 17.5 Å². The lowest BCUT2D eigenvalue weighted by atomic mass is 10.2. The summed E-state index contributed by atoms with van der Waals surface area (Å²) in [6, 6.07) is 10.6. The third-order valence-electron chi connectivity index (χ3n) is 3.57. The zero-order chi connectivity index (χ0) is 19.2. The Hall–Kier alpha value is -3.95. The van der Waals surface area contributed by atoms with Crippen LogP contribution in [0.5, 0.6) is 11.5 Å². The van der Waals surface area contributed by atoms with E-state index in [2.05, 4.69) is 15.8 Å². The number of nitro benzene ring substituents is 1. The van der Waals surface area contributed by atoms with Gasteiger partial charge in [-0.3, -0.25) is 19.7 Å². The van der Waals surface area contributed by atoms with Gasteiger partial charge in [0.2, 0.25) is 6.79 Å². The average molecular weight is 370 g/mol. The first-order valence-electron chi connectivity index (χ1n) is 7.78. The molecule has 0 saturated carbocycles. The highest BCUT2D eigenvalue weighted by Crippen LogP contribution is 2.32. The van der Waals surface area contributed by atoms with Crippen LogP contribution in [0.4, 0.5) is 5.69 Å². The minimum atomic E-state index is -0.584. The van der Waals surface area contributed by atoms with E-state index in [1.54, 1.807) is 18.2 Å². The van der Waals surface area contributed by atoms with Gasteiger partial charge in [-0.2, -0.15) is 5.10 Å². The van der Waals surface area contributed by atoms with E-state index in [1.807, 2.05) is 0 Å². The van der Waals surface area contributed by atoms with E-state index in [1.165, 1.54) is 24.3 Å². The van der Waals surface area contributed by atoms with Gasteiger partial charge >= 0.3 is 0 Å². The zero-order valence-corrected chi connectivity index (χ0v) is 13.9. The van der Waals surface area contributed by atoms with E-state index in [9.17, 15) is 19.7 Å². The minimum Gasteiger partial charge on any atom is -0.454 e. The summed E-state index contributed by atoms with van der Waals surface area (Å²) < 4.78 is 10.3. The van der Waals surface area contributed by atoms with E-state index in [4.69, 9.17) is 9.47 Å². The number of rotatable bonds is 6. The summed E-state index contributed by atoms with van der Waals surface area (Å²) in [5.41, 5.74) is 2.62. The smallest absolute Gasteiger partial charge is 0.278 e. The molecular formula is C17H14N4O6. The molecule has 10 heteroatoms. The third kappa shape index (κ3) is 4.37. The molecule has 2 amide bonds. The van der Waals surface area contributed by atoms with Crippen molar-refractivity contribution in [1.82, 2.24) is 10.7 Å². The van der Waals surface area contributed by atoms with Crippen LogP contribution in [0.3, 0.4) is 0 Å². The van der Waals surface area contributed by atoms with E-state index < -0.39 is 16.7 Å². The van der Waals surface area contributed by atoms with Crippen molar-refractivity contribution in [2.45, 2.75) is 0 Å². The summed E-state index contributed by atoms with van der Waals surface area (Å²) in [5.74, 6) is -0.0418. The molecule has 1 aliphatic heterocycles. The SMILES string of the molecule is O=C(CNC(=O)c1ccc2c(c1)OCO2)NN=Cc1ccccc1[N+](=O)[O-]. The largest absolute Gasteiger partial charge is 0.454 e. The first-order chi connectivity index (χ1) is 13.0. The van der Waals surface area contributed by atoms with Crippen LogP contribution in [-0.2, 0) is 4.79 Å². The van der Waals surface area contributed by atoms with Crippen LogP contribution in [0.25, 0.3) is 0 Å². The number of nitrogens with one attached hydrogen (secondary N) is 2. The zero-order valence-electron chi connectivity index (χ0n) is 13.9. The lowest BCUT2D eigenvalue weighted by molar-refractivity contribution is -0.385. The second kappa shape index (κ2) is 7.95. The maximum absolute atomic E-state index is 12.1. The Balaban J connectivity index is 1.51. The molecule has 0 aromatic heterocycles. The fourth-order valence-electron chi connectivity index (χ4n) is 2.28. The molecule has 0 aliphatic carbocycles. The number of hydrazone groups is 1. The van der Waals surface area contributed by atoms with Crippen molar-refractivity contribution in [2.24, 2.45) is 5.10 Å². The number of benzene rings is 2. The quantitative estimate of drug-likeness (QED) is 0.446. The number of fused-ring (bicyclic) bond motifs is 1. The Morgan fingerprint density at radius 3 is 2.78 bits per heavy atom. The van der Waals surface area contributed by atoms with E-state index >= 15 is 0 Å². The number of para-hydroxylation sites is 1. The number of carbonyl (C=O) groups excluding carboxylic acids is 2. The van der Waals surface area contributed by atoms with Crippen molar-refractivity contribution in [3.8, 4) is 11.5 Å². The average Bonchev–Trinajstić information content (AvgIpc) is 3.14. The third-order valence-corrected chi connectivity index (χ3v) is 3.57. The van der Waals surface area contributed by atoms with Crippen molar-refractivity contribution in [1.29, 1.82) is 0 Å².